The Balaban J connectivity index is 1.53. The molecule has 1 amide bonds. The van der Waals surface area contributed by atoms with Crippen LogP contribution in [0, 0.1) is 12.3 Å². The van der Waals surface area contributed by atoms with Gasteiger partial charge in [0.15, 0.2) is 0 Å². The number of sulfonamides is 1. The van der Waals surface area contributed by atoms with E-state index in [1.807, 2.05) is 66.9 Å². The summed E-state index contributed by atoms with van der Waals surface area (Å²) in [6, 6.07) is 25.1. The fourth-order valence-corrected chi connectivity index (χ4v) is 4.31. The van der Waals surface area contributed by atoms with Crippen molar-refractivity contribution in [2.45, 2.75) is 11.4 Å². The molecule has 0 atom stereocenters. The van der Waals surface area contributed by atoms with E-state index in [0.717, 1.165) is 22.5 Å². The number of nitrogens with zero attached hydrogens (tertiary/aromatic N) is 2. The van der Waals surface area contributed by atoms with E-state index in [0.29, 0.717) is 5.56 Å². The van der Waals surface area contributed by atoms with Gasteiger partial charge < -0.3 is 5.32 Å². The van der Waals surface area contributed by atoms with Gasteiger partial charge >= 0.3 is 0 Å². The van der Waals surface area contributed by atoms with Gasteiger partial charge in [-0.05, 0) is 36.4 Å². The van der Waals surface area contributed by atoms with Gasteiger partial charge in [-0.1, -0.05) is 54.5 Å². The van der Waals surface area contributed by atoms with Crippen LogP contribution in [0.2, 0.25) is 0 Å². The van der Waals surface area contributed by atoms with Crippen molar-refractivity contribution in [1.29, 1.82) is 0 Å². The zero-order valence-electron chi connectivity index (χ0n) is 18.2. The number of hydrogen-bond acceptors (Lipinski definition) is 4. The van der Waals surface area contributed by atoms with Gasteiger partial charge in [0.05, 0.1) is 22.8 Å². The van der Waals surface area contributed by atoms with E-state index in [1.54, 1.807) is 4.68 Å². The van der Waals surface area contributed by atoms with E-state index in [2.05, 4.69) is 16.0 Å². The summed E-state index contributed by atoms with van der Waals surface area (Å²) in [7, 11) is -3.72. The molecule has 1 heterocycles. The van der Waals surface area contributed by atoms with Gasteiger partial charge in [0.1, 0.15) is 0 Å². The van der Waals surface area contributed by atoms with Gasteiger partial charge in [0.25, 0.3) is 5.91 Å². The first-order valence-electron chi connectivity index (χ1n) is 10.5. The zero-order chi connectivity index (χ0) is 24.0. The summed E-state index contributed by atoms with van der Waals surface area (Å²) in [4.78, 5) is 12.8. The Hall–Kier alpha value is -4.19. The number of amides is 1. The number of aromatic nitrogens is 2. The van der Waals surface area contributed by atoms with Crippen LogP contribution in [0.5, 0.6) is 0 Å². The molecule has 3 aromatic carbocycles. The molecule has 170 valence electrons. The second-order valence-electron chi connectivity index (χ2n) is 7.38. The van der Waals surface area contributed by atoms with E-state index in [-0.39, 0.29) is 23.9 Å². The van der Waals surface area contributed by atoms with Crippen molar-refractivity contribution in [3.8, 4) is 29.3 Å². The minimum Gasteiger partial charge on any atom is -0.348 e. The minimum absolute atomic E-state index is 0.0369. The van der Waals surface area contributed by atoms with Crippen LogP contribution in [0.1, 0.15) is 15.9 Å². The smallest absolute Gasteiger partial charge is 0.251 e. The fourth-order valence-electron chi connectivity index (χ4n) is 3.37. The summed E-state index contributed by atoms with van der Waals surface area (Å²) in [6.45, 7) is 0.144. The molecule has 0 spiro atoms. The van der Waals surface area contributed by atoms with Crippen LogP contribution >= 0.6 is 0 Å². The fraction of sp³-hybridized carbons (Fsp3) is 0.0769. The molecular formula is C26H22N4O3S. The molecule has 4 aromatic rings. The first kappa shape index (κ1) is 23.0. The Morgan fingerprint density at radius 3 is 2.24 bits per heavy atom. The standard InChI is InChI=1S/C26H22N4O3S/c1-2-17-28-34(32,33)24-15-13-21(14-16-24)26(31)27-18-22-19-30(23-11-7-4-8-12-23)29-25(22)20-9-5-3-6-10-20/h1,3-16,19,28H,17-18H2,(H,27,31). The Bertz CT molecular complexity index is 1420. The van der Waals surface area contributed by atoms with Crippen LogP contribution in [0.3, 0.4) is 0 Å². The normalized spacial score (nSPS) is 11.0. The molecule has 0 fully saturated rings. The Morgan fingerprint density at radius 1 is 0.941 bits per heavy atom. The van der Waals surface area contributed by atoms with Crippen molar-refractivity contribution < 1.29 is 13.2 Å². The van der Waals surface area contributed by atoms with Gasteiger partial charge in [-0.3, -0.25) is 4.79 Å². The van der Waals surface area contributed by atoms with E-state index in [9.17, 15) is 13.2 Å². The number of nitrogens with one attached hydrogen (secondary N) is 2. The second-order valence-corrected chi connectivity index (χ2v) is 9.15. The molecule has 0 aliphatic carbocycles. The van der Waals surface area contributed by atoms with Crippen molar-refractivity contribution in [3.63, 3.8) is 0 Å². The number of rotatable bonds is 8. The maximum absolute atomic E-state index is 12.7. The lowest BCUT2D eigenvalue weighted by molar-refractivity contribution is 0.0951. The predicted octanol–water partition coefficient (Wildman–Crippen LogP) is 3.38. The summed E-state index contributed by atoms with van der Waals surface area (Å²) < 4.78 is 28.4. The molecule has 0 radical (unpaired) electrons. The molecule has 4 rings (SSSR count). The van der Waals surface area contributed by atoms with Crippen molar-refractivity contribution >= 4 is 15.9 Å². The van der Waals surface area contributed by atoms with Crippen molar-refractivity contribution in [2.24, 2.45) is 0 Å². The molecule has 0 unspecified atom stereocenters. The summed E-state index contributed by atoms with van der Waals surface area (Å²) in [5.41, 5.74) is 3.81. The molecule has 0 aliphatic heterocycles. The third-order valence-electron chi connectivity index (χ3n) is 5.09. The third kappa shape index (κ3) is 5.23. The lowest BCUT2D eigenvalue weighted by Crippen LogP contribution is -2.25. The number of carbonyl (C=O) groups is 1. The SMILES string of the molecule is C#CCNS(=O)(=O)c1ccc(C(=O)NCc2cn(-c3ccccc3)nc2-c2ccccc2)cc1. The van der Waals surface area contributed by atoms with Gasteiger partial charge in [-0.15, -0.1) is 6.42 Å². The summed E-state index contributed by atoms with van der Waals surface area (Å²) in [6.07, 6.45) is 7.00. The van der Waals surface area contributed by atoms with Crippen LogP contribution in [-0.4, -0.2) is 30.7 Å². The lowest BCUT2D eigenvalue weighted by Gasteiger charge is -2.07. The van der Waals surface area contributed by atoms with E-state index < -0.39 is 10.0 Å². The van der Waals surface area contributed by atoms with E-state index >= 15 is 0 Å². The molecule has 0 aliphatic rings. The molecule has 34 heavy (non-hydrogen) atoms. The largest absolute Gasteiger partial charge is 0.348 e. The lowest BCUT2D eigenvalue weighted by atomic mass is 10.1. The average Bonchev–Trinajstić information content (AvgIpc) is 3.31. The second kappa shape index (κ2) is 10.2. The average molecular weight is 471 g/mol. The van der Waals surface area contributed by atoms with E-state index in [1.165, 1.54) is 24.3 Å². The number of terminal acetylenes is 1. The minimum atomic E-state index is -3.72. The van der Waals surface area contributed by atoms with Gasteiger partial charge in [-0.25, -0.2) is 13.1 Å². The van der Waals surface area contributed by atoms with Crippen LogP contribution in [0.25, 0.3) is 16.9 Å². The molecule has 8 heteroatoms. The Morgan fingerprint density at radius 2 is 1.59 bits per heavy atom. The molecule has 2 N–H and O–H groups in total. The maximum Gasteiger partial charge on any atom is 0.251 e. The predicted molar refractivity (Wildman–Crippen MR) is 131 cm³/mol. The highest BCUT2D eigenvalue weighted by molar-refractivity contribution is 7.89. The molecule has 0 saturated heterocycles. The van der Waals surface area contributed by atoms with Gasteiger partial charge in [-0.2, -0.15) is 9.82 Å². The zero-order valence-corrected chi connectivity index (χ0v) is 19.0. The number of hydrogen-bond donors (Lipinski definition) is 2. The third-order valence-corrected chi connectivity index (χ3v) is 6.51. The van der Waals surface area contributed by atoms with Gasteiger partial charge in [0.2, 0.25) is 10.0 Å². The number of carbonyl (C=O) groups excluding carboxylic acids is 1. The Labute approximate surface area is 198 Å². The first-order chi connectivity index (χ1) is 16.5. The van der Waals surface area contributed by atoms with Gasteiger partial charge in [0, 0.05) is 29.4 Å². The van der Waals surface area contributed by atoms with Crippen molar-refractivity contribution in [3.05, 3.63) is 102 Å². The molecular weight excluding hydrogens is 448 g/mol. The maximum atomic E-state index is 12.7. The highest BCUT2D eigenvalue weighted by atomic mass is 32.2. The number of benzene rings is 3. The van der Waals surface area contributed by atoms with Crippen LogP contribution in [-0.2, 0) is 16.6 Å². The van der Waals surface area contributed by atoms with Crippen molar-refractivity contribution in [2.75, 3.05) is 6.54 Å². The summed E-state index contributed by atoms with van der Waals surface area (Å²) in [5.74, 6) is 1.90. The van der Waals surface area contributed by atoms with E-state index in [4.69, 9.17) is 11.5 Å². The summed E-state index contributed by atoms with van der Waals surface area (Å²) >= 11 is 0. The van der Waals surface area contributed by atoms with Crippen molar-refractivity contribution in [1.82, 2.24) is 19.8 Å². The van der Waals surface area contributed by atoms with Crippen LogP contribution < -0.4 is 10.0 Å². The van der Waals surface area contributed by atoms with Crippen LogP contribution in [0.15, 0.2) is 96.0 Å². The highest BCUT2D eigenvalue weighted by Crippen LogP contribution is 2.23. The quantitative estimate of drug-likeness (QED) is 0.386. The molecule has 0 bridgehead atoms. The number of para-hydroxylation sites is 1. The molecule has 1 aromatic heterocycles. The first-order valence-corrected chi connectivity index (χ1v) is 12.0. The topological polar surface area (TPSA) is 93.1 Å². The summed E-state index contributed by atoms with van der Waals surface area (Å²) in [5, 5.41) is 7.64. The van der Waals surface area contributed by atoms with Crippen LogP contribution in [0.4, 0.5) is 0 Å². The molecule has 0 saturated carbocycles. The molecule has 7 nitrogen and oxygen atoms in total. The Kier molecular flexibility index (Phi) is 6.87. The monoisotopic (exact) mass is 470 g/mol. The highest BCUT2D eigenvalue weighted by Gasteiger charge is 2.16.